The van der Waals surface area contributed by atoms with Crippen LogP contribution >= 0.6 is 12.2 Å². The van der Waals surface area contributed by atoms with Gasteiger partial charge in [-0.1, -0.05) is 24.4 Å². The van der Waals surface area contributed by atoms with E-state index >= 15 is 0 Å². The number of carbonyl (C=O) groups is 2. The molecule has 1 heterocycles. The highest BCUT2D eigenvalue weighted by Gasteiger charge is 2.23. The second kappa shape index (κ2) is 5.14. The Morgan fingerprint density at radius 3 is 2.44 bits per heavy atom. The normalized spacial score (nSPS) is 18.2. The second-order valence-electron chi connectivity index (χ2n) is 4.12. The Balaban J connectivity index is 2.00. The molecular formula is C12H13N3O2S. The molecule has 18 heavy (non-hydrogen) atoms. The molecule has 2 amide bonds. The fourth-order valence-electron chi connectivity index (χ4n) is 1.76. The third-order valence-corrected chi connectivity index (χ3v) is 2.98. The summed E-state index contributed by atoms with van der Waals surface area (Å²) in [6.45, 7) is 0.482. The molecule has 6 heteroatoms. The van der Waals surface area contributed by atoms with Gasteiger partial charge in [0.25, 0.3) is 5.91 Å². The van der Waals surface area contributed by atoms with Crippen LogP contribution in [0.1, 0.15) is 22.3 Å². The van der Waals surface area contributed by atoms with Gasteiger partial charge in [0.05, 0.1) is 6.04 Å². The van der Waals surface area contributed by atoms with Gasteiger partial charge in [0.1, 0.15) is 4.99 Å². The zero-order valence-corrected chi connectivity index (χ0v) is 10.4. The first kappa shape index (κ1) is 12.5. The van der Waals surface area contributed by atoms with Crippen LogP contribution in [0.4, 0.5) is 0 Å². The van der Waals surface area contributed by atoms with Crippen LogP contribution in [0.15, 0.2) is 24.3 Å². The number of hydrogen-bond donors (Lipinski definition) is 3. The van der Waals surface area contributed by atoms with Gasteiger partial charge in [-0.25, -0.2) is 0 Å². The molecular weight excluding hydrogens is 250 g/mol. The van der Waals surface area contributed by atoms with Crippen molar-refractivity contribution in [2.75, 3.05) is 6.54 Å². The summed E-state index contributed by atoms with van der Waals surface area (Å²) in [5.74, 6) is -0.241. The lowest BCUT2D eigenvalue weighted by atomic mass is 10.1. The molecule has 1 saturated heterocycles. The van der Waals surface area contributed by atoms with Gasteiger partial charge in [-0.3, -0.25) is 9.59 Å². The minimum atomic E-state index is -0.203. The van der Waals surface area contributed by atoms with E-state index in [1.54, 1.807) is 24.3 Å². The molecule has 1 atom stereocenters. The summed E-state index contributed by atoms with van der Waals surface area (Å²) in [6.07, 6.45) is 0.330. The lowest BCUT2D eigenvalue weighted by Crippen LogP contribution is -2.36. The highest BCUT2D eigenvalue weighted by atomic mass is 32.1. The molecule has 1 aliphatic heterocycles. The van der Waals surface area contributed by atoms with Crippen LogP contribution < -0.4 is 16.4 Å². The van der Waals surface area contributed by atoms with Gasteiger partial charge in [-0.15, -0.1) is 0 Å². The smallest absolute Gasteiger partial charge is 0.251 e. The lowest BCUT2D eigenvalue weighted by molar-refractivity contribution is -0.119. The van der Waals surface area contributed by atoms with Crippen LogP contribution in [0, 0.1) is 0 Å². The summed E-state index contributed by atoms with van der Waals surface area (Å²) in [6, 6.07) is 6.59. The lowest BCUT2D eigenvalue weighted by Gasteiger charge is -2.10. The molecule has 1 aromatic carbocycles. The van der Waals surface area contributed by atoms with Gasteiger partial charge in [0.2, 0.25) is 5.91 Å². The van der Waals surface area contributed by atoms with Crippen molar-refractivity contribution in [3.8, 4) is 0 Å². The molecule has 1 aliphatic rings. The first-order valence-electron chi connectivity index (χ1n) is 5.53. The maximum absolute atomic E-state index is 11.9. The number of nitrogens with one attached hydrogen (secondary N) is 2. The van der Waals surface area contributed by atoms with Gasteiger partial charge < -0.3 is 16.4 Å². The number of nitrogens with two attached hydrogens (primary N) is 1. The van der Waals surface area contributed by atoms with Gasteiger partial charge in [-0.05, 0) is 12.1 Å². The standard InChI is InChI=1S/C12H13N3O2S/c13-11(18)7-1-3-8(4-2-7)12(17)15-9-5-10(16)14-6-9/h1-4,9H,5-6H2,(H2,13,18)(H,14,16)(H,15,17). The largest absolute Gasteiger partial charge is 0.389 e. The molecule has 1 aromatic rings. The Kier molecular flexibility index (Phi) is 3.57. The number of thiocarbonyl (C=S) groups is 1. The van der Waals surface area contributed by atoms with E-state index in [0.717, 1.165) is 5.56 Å². The molecule has 0 spiro atoms. The Bertz CT molecular complexity index is 499. The topological polar surface area (TPSA) is 84.2 Å². The second-order valence-corrected chi connectivity index (χ2v) is 4.56. The number of benzene rings is 1. The Labute approximate surface area is 110 Å². The molecule has 4 N–H and O–H groups in total. The van der Waals surface area contributed by atoms with E-state index in [1.165, 1.54) is 0 Å². The quantitative estimate of drug-likeness (QED) is 0.667. The monoisotopic (exact) mass is 263 g/mol. The first-order valence-corrected chi connectivity index (χ1v) is 5.94. The van der Waals surface area contributed by atoms with Crippen LogP contribution in [0.25, 0.3) is 0 Å². The first-order chi connectivity index (χ1) is 8.56. The van der Waals surface area contributed by atoms with Crippen molar-refractivity contribution < 1.29 is 9.59 Å². The van der Waals surface area contributed by atoms with Gasteiger partial charge >= 0.3 is 0 Å². The molecule has 0 aromatic heterocycles. The zero-order chi connectivity index (χ0) is 13.1. The highest BCUT2D eigenvalue weighted by molar-refractivity contribution is 7.80. The predicted molar refractivity (Wildman–Crippen MR) is 71.2 cm³/mol. The van der Waals surface area contributed by atoms with E-state index in [2.05, 4.69) is 10.6 Å². The average molecular weight is 263 g/mol. The molecule has 1 fully saturated rings. The summed E-state index contributed by atoms with van der Waals surface area (Å²) in [5, 5.41) is 5.45. The molecule has 5 nitrogen and oxygen atoms in total. The number of amides is 2. The van der Waals surface area contributed by atoms with E-state index in [0.29, 0.717) is 23.5 Å². The Hall–Kier alpha value is -1.95. The summed E-state index contributed by atoms with van der Waals surface area (Å²) in [4.78, 5) is 23.2. The summed E-state index contributed by atoms with van der Waals surface area (Å²) >= 11 is 4.83. The van der Waals surface area contributed by atoms with Crippen molar-refractivity contribution in [1.82, 2.24) is 10.6 Å². The summed E-state index contributed by atoms with van der Waals surface area (Å²) < 4.78 is 0. The third kappa shape index (κ3) is 2.84. The zero-order valence-electron chi connectivity index (χ0n) is 9.60. The van der Waals surface area contributed by atoms with Crippen molar-refractivity contribution in [3.63, 3.8) is 0 Å². The molecule has 0 radical (unpaired) electrons. The number of rotatable bonds is 3. The molecule has 2 rings (SSSR count). The maximum Gasteiger partial charge on any atom is 0.251 e. The van der Waals surface area contributed by atoms with Crippen molar-refractivity contribution in [1.29, 1.82) is 0 Å². The van der Waals surface area contributed by atoms with Crippen molar-refractivity contribution >= 4 is 29.0 Å². The molecule has 1 unspecified atom stereocenters. The van der Waals surface area contributed by atoms with Crippen LogP contribution in [0.5, 0.6) is 0 Å². The van der Waals surface area contributed by atoms with E-state index in [1.807, 2.05) is 0 Å². The van der Waals surface area contributed by atoms with E-state index < -0.39 is 0 Å². The van der Waals surface area contributed by atoms with E-state index in [4.69, 9.17) is 18.0 Å². The van der Waals surface area contributed by atoms with Crippen LogP contribution in [-0.2, 0) is 4.79 Å². The fraction of sp³-hybridized carbons (Fsp3) is 0.250. The van der Waals surface area contributed by atoms with Crippen molar-refractivity contribution in [3.05, 3.63) is 35.4 Å². The summed E-state index contributed by atoms with van der Waals surface area (Å²) in [7, 11) is 0. The molecule has 0 bridgehead atoms. The van der Waals surface area contributed by atoms with Crippen LogP contribution in [-0.4, -0.2) is 29.4 Å². The summed E-state index contributed by atoms with van der Waals surface area (Å²) in [5.41, 5.74) is 6.72. The predicted octanol–water partition coefficient (Wildman–Crippen LogP) is -0.0609. The average Bonchev–Trinajstić information content (AvgIpc) is 2.75. The molecule has 0 aliphatic carbocycles. The fourth-order valence-corrected chi connectivity index (χ4v) is 1.90. The number of carbonyl (C=O) groups excluding carboxylic acids is 2. The number of hydrogen-bond acceptors (Lipinski definition) is 3. The van der Waals surface area contributed by atoms with E-state index in [9.17, 15) is 9.59 Å². The molecule has 0 saturated carbocycles. The minimum absolute atomic E-state index is 0.0378. The molecule has 94 valence electrons. The van der Waals surface area contributed by atoms with Gasteiger partial charge in [-0.2, -0.15) is 0 Å². The third-order valence-electron chi connectivity index (χ3n) is 2.74. The SMILES string of the molecule is NC(=S)c1ccc(C(=O)NC2CNC(=O)C2)cc1. The van der Waals surface area contributed by atoms with Crippen molar-refractivity contribution in [2.24, 2.45) is 5.73 Å². The van der Waals surface area contributed by atoms with Crippen molar-refractivity contribution in [2.45, 2.75) is 12.5 Å². The maximum atomic E-state index is 11.9. The van der Waals surface area contributed by atoms with Crippen LogP contribution in [0.3, 0.4) is 0 Å². The van der Waals surface area contributed by atoms with Gasteiger partial charge in [0.15, 0.2) is 0 Å². The van der Waals surface area contributed by atoms with Gasteiger partial charge in [0, 0.05) is 24.1 Å². The van der Waals surface area contributed by atoms with Crippen LogP contribution in [0.2, 0.25) is 0 Å². The minimum Gasteiger partial charge on any atom is -0.389 e. The highest BCUT2D eigenvalue weighted by Crippen LogP contribution is 2.06. The van der Waals surface area contributed by atoms with E-state index in [-0.39, 0.29) is 17.9 Å². The Morgan fingerprint density at radius 1 is 1.33 bits per heavy atom. The Morgan fingerprint density at radius 2 is 1.94 bits per heavy atom.